The molecule has 1 aromatic rings. The van der Waals surface area contributed by atoms with Crippen LogP contribution in [0.3, 0.4) is 0 Å². The fraction of sp³-hybridized carbons (Fsp3) is 0.600. The van der Waals surface area contributed by atoms with Crippen LogP contribution in [-0.4, -0.2) is 55.6 Å². The molecule has 2 aliphatic rings. The van der Waals surface area contributed by atoms with Crippen molar-refractivity contribution in [1.82, 2.24) is 9.80 Å². The van der Waals surface area contributed by atoms with Gasteiger partial charge in [0.25, 0.3) is 0 Å². The van der Waals surface area contributed by atoms with Crippen molar-refractivity contribution >= 4 is 5.91 Å². The molecule has 0 N–H and O–H groups in total. The number of rotatable bonds is 5. The van der Waals surface area contributed by atoms with E-state index < -0.39 is 0 Å². The largest absolute Gasteiger partial charge is 0.383 e. The van der Waals surface area contributed by atoms with Crippen LogP contribution in [-0.2, 0) is 16.1 Å². The van der Waals surface area contributed by atoms with Crippen LogP contribution in [0.25, 0.3) is 0 Å². The molecule has 3 rings (SSSR count). The van der Waals surface area contributed by atoms with Crippen LogP contribution in [0.15, 0.2) is 24.3 Å². The van der Waals surface area contributed by atoms with Crippen molar-refractivity contribution in [2.75, 3.05) is 39.9 Å². The van der Waals surface area contributed by atoms with Crippen LogP contribution in [0.4, 0.5) is 0 Å². The van der Waals surface area contributed by atoms with Gasteiger partial charge in [-0.15, -0.1) is 0 Å². The van der Waals surface area contributed by atoms with Gasteiger partial charge in [0.05, 0.1) is 18.2 Å². The highest BCUT2D eigenvalue weighted by molar-refractivity contribution is 5.77. The molecule has 0 radical (unpaired) electrons. The van der Waals surface area contributed by atoms with Crippen LogP contribution < -0.4 is 0 Å². The van der Waals surface area contributed by atoms with E-state index in [4.69, 9.17) is 10.00 Å². The number of likely N-dealkylation sites (tertiary alicyclic amines) is 2. The monoisotopic (exact) mass is 341 g/mol. The van der Waals surface area contributed by atoms with E-state index in [1.54, 1.807) is 7.11 Å². The minimum Gasteiger partial charge on any atom is -0.383 e. The lowest BCUT2D eigenvalue weighted by Crippen LogP contribution is -2.54. The number of nitriles is 1. The third kappa shape index (κ3) is 4.39. The Bertz CT molecular complexity index is 655. The van der Waals surface area contributed by atoms with E-state index >= 15 is 0 Å². The molecule has 25 heavy (non-hydrogen) atoms. The standard InChI is InChI=1S/C20H27N3O2/c1-25-11-10-23-16-20(8-6-19(23)24)7-3-9-22(15-20)14-18-5-2-4-17(12-18)13-21/h2,4-5,12H,3,6-11,14-16H2,1H3/t20-/m1/s1. The smallest absolute Gasteiger partial charge is 0.222 e. The van der Waals surface area contributed by atoms with Gasteiger partial charge in [0.1, 0.15) is 0 Å². The van der Waals surface area contributed by atoms with Gasteiger partial charge in [0.2, 0.25) is 5.91 Å². The van der Waals surface area contributed by atoms with Gasteiger partial charge < -0.3 is 9.64 Å². The molecular formula is C20H27N3O2. The normalized spacial score (nSPS) is 24.5. The van der Waals surface area contributed by atoms with Crippen LogP contribution in [0.1, 0.15) is 36.8 Å². The predicted octanol–water partition coefficient (Wildman–Crippen LogP) is 2.41. The van der Waals surface area contributed by atoms with Crippen molar-refractivity contribution in [2.45, 2.75) is 32.2 Å². The molecule has 2 fully saturated rings. The second-order valence-electron chi connectivity index (χ2n) is 7.43. The van der Waals surface area contributed by atoms with E-state index in [-0.39, 0.29) is 11.3 Å². The lowest BCUT2D eigenvalue weighted by molar-refractivity contribution is -0.140. The van der Waals surface area contributed by atoms with Gasteiger partial charge in [-0.1, -0.05) is 12.1 Å². The number of methoxy groups -OCH3 is 1. The highest BCUT2D eigenvalue weighted by Crippen LogP contribution is 2.39. The number of piperidine rings is 2. The van der Waals surface area contributed by atoms with Crippen LogP contribution in [0.5, 0.6) is 0 Å². The molecule has 2 saturated heterocycles. The number of ether oxygens (including phenoxy) is 1. The minimum absolute atomic E-state index is 0.215. The lowest BCUT2D eigenvalue weighted by atomic mass is 9.73. The summed E-state index contributed by atoms with van der Waals surface area (Å²) >= 11 is 0. The SMILES string of the molecule is COCCN1C[C@]2(CCCN(Cc3cccc(C#N)c3)C2)CCC1=O. The molecule has 0 saturated carbocycles. The molecule has 0 bridgehead atoms. The summed E-state index contributed by atoms with van der Waals surface area (Å²) in [5, 5.41) is 9.08. The maximum atomic E-state index is 12.2. The predicted molar refractivity (Wildman–Crippen MR) is 95.8 cm³/mol. The highest BCUT2D eigenvalue weighted by atomic mass is 16.5. The molecular weight excluding hydrogens is 314 g/mol. The summed E-state index contributed by atoms with van der Waals surface area (Å²) in [6.45, 7) is 5.14. The van der Waals surface area contributed by atoms with E-state index in [0.717, 1.165) is 38.2 Å². The van der Waals surface area contributed by atoms with Crippen LogP contribution in [0, 0.1) is 16.7 Å². The fourth-order valence-corrected chi connectivity index (χ4v) is 4.28. The van der Waals surface area contributed by atoms with Gasteiger partial charge in [-0.25, -0.2) is 0 Å². The molecule has 1 amide bonds. The molecule has 1 spiro atoms. The number of benzene rings is 1. The first-order chi connectivity index (χ1) is 12.1. The maximum absolute atomic E-state index is 12.2. The molecule has 5 nitrogen and oxygen atoms in total. The van der Waals surface area contributed by atoms with Gasteiger partial charge in [0, 0.05) is 45.1 Å². The van der Waals surface area contributed by atoms with Gasteiger partial charge in [0.15, 0.2) is 0 Å². The number of nitrogens with zero attached hydrogens (tertiary/aromatic N) is 3. The first kappa shape index (κ1) is 17.9. The zero-order valence-electron chi connectivity index (χ0n) is 15.0. The van der Waals surface area contributed by atoms with Crippen LogP contribution >= 0.6 is 0 Å². The van der Waals surface area contributed by atoms with Crippen molar-refractivity contribution in [3.8, 4) is 6.07 Å². The van der Waals surface area contributed by atoms with Gasteiger partial charge >= 0.3 is 0 Å². The summed E-state index contributed by atoms with van der Waals surface area (Å²) < 4.78 is 5.16. The number of carbonyl (C=O) groups excluding carboxylic acids is 1. The number of hydrogen-bond donors (Lipinski definition) is 0. The van der Waals surface area contributed by atoms with E-state index in [1.807, 2.05) is 23.1 Å². The van der Waals surface area contributed by atoms with Gasteiger partial charge in [-0.3, -0.25) is 9.69 Å². The molecule has 0 aromatic heterocycles. The Balaban J connectivity index is 1.65. The number of amides is 1. The number of hydrogen-bond acceptors (Lipinski definition) is 4. The Morgan fingerprint density at radius 1 is 1.32 bits per heavy atom. The van der Waals surface area contributed by atoms with Crippen molar-refractivity contribution in [2.24, 2.45) is 5.41 Å². The van der Waals surface area contributed by atoms with Crippen LogP contribution in [0.2, 0.25) is 0 Å². The Morgan fingerprint density at radius 3 is 3.00 bits per heavy atom. The van der Waals surface area contributed by atoms with E-state index in [9.17, 15) is 4.79 Å². The maximum Gasteiger partial charge on any atom is 0.222 e. The first-order valence-electron chi connectivity index (χ1n) is 9.12. The van der Waals surface area contributed by atoms with Crippen molar-refractivity contribution in [3.63, 3.8) is 0 Å². The summed E-state index contributed by atoms with van der Waals surface area (Å²) in [4.78, 5) is 16.7. The third-order valence-corrected chi connectivity index (χ3v) is 5.52. The Labute approximate surface area is 150 Å². The average Bonchev–Trinajstić information content (AvgIpc) is 2.63. The summed E-state index contributed by atoms with van der Waals surface area (Å²) in [6.07, 6.45) is 4.01. The fourth-order valence-electron chi connectivity index (χ4n) is 4.28. The Kier molecular flexibility index (Phi) is 5.72. The highest BCUT2D eigenvalue weighted by Gasteiger charge is 2.41. The second kappa shape index (κ2) is 7.99. The molecule has 1 aromatic carbocycles. The average molecular weight is 341 g/mol. The van der Waals surface area contributed by atoms with Crippen molar-refractivity contribution in [3.05, 3.63) is 35.4 Å². The van der Waals surface area contributed by atoms with E-state index in [2.05, 4.69) is 17.0 Å². The van der Waals surface area contributed by atoms with E-state index in [1.165, 1.54) is 18.4 Å². The molecule has 0 unspecified atom stereocenters. The first-order valence-corrected chi connectivity index (χ1v) is 9.12. The summed E-state index contributed by atoms with van der Waals surface area (Å²) in [7, 11) is 1.68. The molecule has 1 atom stereocenters. The zero-order chi connectivity index (χ0) is 17.7. The molecule has 0 aliphatic carbocycles. The molecule has 2 heterocycles. The lowest BCUT2D eigenvalue weighted by Gasteiger charge is -2.48. The summed E-state index contributed by atoms with van der Waals surface area (Å²) in [5.41, 5.74) is 2.13. The zero-order valence-corrected chi connectivity index (χ0v) is 15.0. The molecule has 134 valence electrons. The summed E-state index contributed by atoms with van der Waals surface area (Å²) in [6, 6.07) is 10.1. The quantitative estimate of drug-likeness (QED) is 0.825. The van der Waals surface area contributed by atoms with Gasteiger partial charge in [-0.05, 0) is 43.5 Å². The number of carbonyl (C=O) groups is 1. The minimum atomic E-state index is 0.215. The molecule has 5 heteroatoms. The van der Waals surface area contributed by atoms with Crippen molar-refractivity contribution in [1.29, 1.82) is 5.26 Å². The van der Waals surface area contributed by atoms with Crippen molar-refractivity contribution < 1.29 is 9.53 Å². The Morgan fingerprint density at radius 2 is 2.20 bits per heavy atom. The Hall–Kier alpha value is -1.90. The second-order valence-corrected chi connectivity index (χ2v) is 7.43. The topological polar surface area (TPSA) is 56.6 Å². The van der Waals surface area contributed by atoms with Gasteiger partial charge in [-0.2, -0.15) is 5.26 Å². The summed E-state index contributed by atoms with van der Waals surface area (Å²) in [5.74, 6) is 0.265. The van der Waals surface area contributed by atoms with E-state index in [0.29, 0.717) is 19.6 Å². The molecule has 2 aliphatic heterocycles. The third-order valence-electron chi connectivity index (χ3n) is 5.52.